The maximum absolute atomic E-state index is 12.0. The summed E-state index contributed by atoms with van der Waals surface area (Å²) in [5.41, 5.74) is 1.80. The number of aryl methyl sites for hydroxylation is 2. The molecule has 16 heavy (non-hydrogen) atoms. The number of rotatable bonds is 3. The van der Waals surface area contributed by atoms with Gasteiger partial charge in [0.05, 0.1) is 22.5 Å². The van der Waals surface area contributed by atoms with E-state index in [1.165, 1.54) is 0 Å². The molecule has 4 nitrogen and oxygen atoms in total. The van der Waals surface area contributed by atoms with Crippen LogP contribution in [0, 0.1) is 13.8 Å². The molecule has 1 aliphatic carbocycles. The monoisotopic (exact) mass is 239 g/mol. The van der Waals surface area contributed by atoms with Gasteiger partial charge in [-0.15, -0.1) is 11.6 Å². The number of aromatic nitrogens is 2. The lowest BCUT2D eigenvalue weighted by Crippen LogP contribution is -2.38. The summed E-state index contributed by atoms with van der Waals surface area (Å²) < 4.78 is 0. The fraction of sp³-hybridized carbons (Fsp3) is 0.545. The Morgan fingerprint density at radius 3 is 2.75 bits per heavy atom. The number of hydrogen-bond acceptors (Lipinski definition) is 3. The predicted octanol–water partition coefficient (Wildman–Crippen LogP) is 1.59. The third-order valence-electron chi connectivity index (χ3n) is 2.83. The molecule has 2 rings (SSSR count). The lowest BCUT2D eigenvalue weighted by Gasteiger charge is -2.14. The summed E-state index contributed by atoms with van der Waals surface area (Å²) in [6.45, 7) is 3.60. The highest BCUT2D eigenvalue weighted by Crippen LogP contribution is 2.36. The summed E-state index contributed by atoms with van der Waals surface area (Å²) in [6, 6.07) is 1.75. The van der Waals surface area contributed by atoms with Crippen LogP contribution in [-0.2, 0) is 0 Å². The van der Waals surface area contributed by atoms with Gasteiger partial charge in [0.25, 0.3) is 5.91 Å². The molecule has 1 aliphatic rings. The highest BCUT2D eigenvalue weighted by molar-refractivity contribution is 6.19. The maximum Gasteiger partial charge on any atom is 0.253 e. The summed E-state index contributed by atoms with van der Waals surface area (Å²) >= 11 is 5.82. The largest absolute Gasteiger partial charge is 0.345 e. The molecular formula is C11H14ClN3O. The zero-order valence-electron chi connectivity index (χ0n) is 9.38. The zero-order valence-corrected chi connectivity index (χ0v) is 10.1. The van der Waals surface area contributed by atoms with Crippen LogP contribution < -0.4 is 5.32 Å². The van der Waals surface area contributed by atoms with Gasteiger partial charge in [0.15, 0.2) is 0 Å². The average Bonchev–Trinajstić information content (AvgIpc) is 3.02. The fourth-order valence-electron chi connectivity index (χ4n) is 1.53. The molecule has 86 valence electrons. The van der Waals surface area contributed by atoms with Crippen LogP contribution in [0.3, 0.4) is 0 Å². The van der Waals surface area contributed by atoms with E-state index in [9.17, 15) is 4.79 Å². The van der Waals surface area contributed by atoms with Crippen molar-refractivity contribution in [1.82, 2.24) is 15.5 Å². The van der Waals surface area contributed by atoms with Crippen molar-refractivity contribution in [3.63, 3.8) is 0 Å². The van der Waals surface area contributed by atoms with Crippen molar-refractivity contribution in [1.29, 1.82) is 0 Å². The van der Waals surface area contributed by atoms with Crippen molar-refractivity contribution < 1.29 is 4.79 Å². The molecule has 5 heteroatoms. The van der Waals surface area contributed by atoms with E-state index in [2.05, 4.69) is 15.5 Å². The Kier molecular flexibility index (Phi) is 2.84. The number of carbonyl (C=O) groups is 1. The van der Waals surface area contributed by atoms with Gasteiger partial charge in [-0.3, -0.25) is 4.79 Å². The number of carbonyl (C=O) groups excluding carboxylic acids is 1. The summed E-state index contributed by atoms with van der Waals surface area (Å²) in [7, 11) is 0. The van der Waals surface area contributed by atoms with E-state index in [1.54, 1.807) is 13.0 Å². The van der Waals surface area contributed by atoms with Gasteiger partial charge < -0.3 is 5.32 Å². The SMILES string of the molecule is Cc1cc(C(=O)NC2(CCl)CC2)c(C)nn1. The first kappa shape index (κ1) is 11.3. The first-order valence-electron chi connectivity index (χ1n) is 5.26. The van der Waals surface area contributed by atoms with E-state index in [1.807, 2.05) is 6.92 Å². The number of halogens is 1. The quantitative estimate of drug-likeness (QED) is 0.816. The van der Waals surface area contributed by atoms with Gasteiger partial charge in [-0.2, -0.15) is 10.2 Å². The van der Waals surface area contributed by atoms with Crippen LogP contribution in [-0.4, -0.2) is 27.5 Å². The average molecular weight is 240 g/mol. The molecule has 1 heterocycles. The molecule has 1 amide bonds. The van der Waals surface area contributed by atoms with E-state index in [0.717, 1.165) is 18.5 Å². The summed E-state index contributed by atoms with van der Waals surface area (Å²) in [4.78, 5) is 12.0. The molecule has 0 saturated heterocycles. The van der Waals surface area contributed by atoms with Crippen LogP contribution in [0.5, 0.6) is 0 Å². The van der Waals surface area contributed by atoms with Gasteiger partial charge in [0.2, 0.25) is 0 Å². The Bertz CT molecular complexity index is 429. The Morgan fingerprint density at radius 2 is 2.19 bits per heavy atom. The lowest BCUT2D eigenvalue weighted by molar-refractivity contribution is 0.0934. The number of amides is 1. The molecule has 0 spiro atoms. The molecule has 1 fully saturated rings. The van der Waals surface area contributed by atoms with Crippen molar-refractivity contribution in [3.05, 3.63) is 23.0 Å². The zero-order chi connectivity index (χ0) is 11.8. The Balaban J connectivity index is 2.17. The molecule has 0 aromatic carbocycles. The van der Waals surface area contributed by atoms with Crippen LogP contribution in [0.15, 0.2) is 6.07 Å². The van der Waals surface area contributed by atoms with Gasteiger partial charge in [0.1, 0.15) is 0 Å². The number of alkyl halides is 1. The predicted molar refractivity (Wildman–Crippen MR) is 61.7 cm³/mol. The molecule has 1 N–H and O–H groups in total. The Morgan fingerprint density at radius 1 is 1.50 bits per heavy atom. The van der Waals surface area contributed by atoms with E-state index < -0.39 is 0 Å². The van der Waals surface area contributed by atoms with Gasteiger partial charge in [0, 0.05) is 5.88 Å². The third kappa shape index (κ3) is 2.16. The van der Waals surface area contributed by atoms with Crippen molar-refractivity contribution in [2.24, 2.45) is 0 Å². The lowest BCUT2D eigenvalue weighted by atomic mass is 10.1. The van der Waals surface area contributed by atoms with E-state index in [0.29, 0.717) is 17.1 Å². The molecule has 1 saturated carbocycles. The van der Waals surface area contributed by atoms with Crippen molar-refractivity contribution in [3.8, 4) is 0 Å². The van der Waals surface area contributed by atoms with E-state index in [4.69, 9.17) is 11.6 Å². The van der Waals surface area contributed by atoms with Gasteiger partial charge in [-0.25, -0.2) is 0 Å². The topological polar surface area (TPSA) is 54.9 Å². The molecule has 0 radical (unpaired) electrons. The highest BCUT2D eigenvalue weighted by atomic mass is 35.5. The molecule has 1 aromatic heterocycles. The van der Waals surface area contributed by atoms with Crippen LogP contribution >= 0.6 is 11.6 Å². The van der Waals surface area contributed by atoms with Crippen molar-refractivity contribution in [2.45, 2.75) is 32.2 Å². The molecule has 0 atom stereocenters. The smallest absolute Gasteiger partial charge is 0.253 e. The minimum absolute atomic E-state index is 0.103. The molecule has 0 aliphatic heterocycles. The van der Waals surface area contributed by atoms with Crippen LogP contribution in [0.25, 0.3) is 0 Å². The number of nitrogens with one attached hydrogen (secondary N) is 1. The second kappa shape index (κ2) is 4.01. The molecular weight excluding hydrogens is 226 g/mol. The summed E-state index contributed by atoms with van der Waals surface area (Å²) in [5.74, 6) is 0.364. The summed E-state index contributed by atoms with van der Waals surface area (Å²) in [5, 5.41) is 10.8. The number of nitrogens with zero attached hydrogens (tertiary/aromatic N) is 2. The van der Waals surface area contributed by atoms with Crippen LogP contribution in [0.1, 0.15) is 34.6 Å². The third-order valence-corrected chi connectivity index (χ3v) is 3.35. The van der Waals surface area contributed by atoms with E-state index in [-0.39, 0.29) is 11.4 Å². The first-order valence-corrected chi connectivity index (χ1v) is 5.79. The van der Waals surface area contributed by atoms with Crippen LogP contribution in [0.4, 0.5) is 0 Å². The second-order valence-electron chi connectivity index (χ2n) is 4.35. The van der Waals surface area contributed by atoms with Gasteiger partial charge in [-0.05, 0) is 32.8 Å². The summed E-state index contributed by atoms with van der Waals surface area (Å²) in [6.07, 6.45) is 1.91. The van der Waals surface area contributed by atoms with E-state index >= 15 is 0 Å². The molecule has 1 aromatic rings. The van der Waals surface area contributed by atoms with Gasteiger partial charge in [-0.1, -0.05) is 0 Å². The van der Waals surface area contributed by atoms with Crippen molar-refractivity contribution in [2.75, 3.05) is 5.88 Å². The van der Waals surface area contributed by atoms with Gasteiger partial charge >= 0.3 is 0 Å². The highest BCUT2D eigenvalue weighted by Gasteiger charge is 2.43. The fourth-order valence-corrected chi connectivity index (χ4v) is 1.86. The number of hydrogen-bond donors (Lipinski definition) is 1. The minimum atomic E-state index is -0.178. The Hall–Kier alpha value is -1.16. The maximum atomic E-state index is 12.0. The first-order chi connectivity index (χ1) is 7.56. The van der Waals surface area contributed by atoms with Crippen LogP contribution in [0.2, 0.25) is 0 Å². The van der Waals surface area contributed by atoms with Crippen molar-refractivity contribution >= 4 is 17.5 Å². The Labute approximate surface area is 99.4 Å². The molecule has 0 bridgehead atoms. The standard InChI is InChI=1S/C11H14ClN3O/c1-7-5-9(8(2)15-14-7)10(16)13-11(6-12)3-4-11/h5H,3-4,6H2,1-2H3,(H,13,16). The second-order valence-corrected chi connectivity index (χ2v) is 4.62. The molecule has 0 unspecified atom stereocenters. The normalized spacial score (nSPS) is 16.9. The minimum Gasteiger partial charge on any atom is -0.345 e.